The number of amides is 1. The average Bonchev–Trinajstić information content (AvgIpc) is 3.00. The molecule has 0 bridgehead atoms. The summed E-state index contributed by atoms with van der Waals surface area (Å²) in [7, 11) is 1.63. The van der Waals surface area contributed by atoms with E-state index in [4.69, 9.17) is 9.47 Å². The Hall–Kier alpha value is -2.86. The van der Waals surface area contributed by atoms with Crippen LogP contribution < -0.4 is 14.8 Å². The molecule has 0 aliphatic heterocycles. The Morgan fingerprint density at radius 2 is 1.88 bits per heavy atom. The minimum Gasteiger partial charge on any atom is -0.497 e. The number of hydrogen-bond acceptors (Lipinski definition) is 5. The molecule has 0 atom stereocenters. The fourth-order valence-corrected chi connectivity index (χ4v) is 3.33. The van der Waals surface area contributed by atoms with E-state index in [1.165, 1.54) is 11.3 Å². The largest absolute Gasteiger partial charge is 0.497 e. The van der Waals surface area contributed by atoms with E-state index in [9.17, 15) is 4.79 Å². The lowest BCUT2D eigenvalue weighted by atomic mass is 10.1. The van der Waals surface area contributed by atoms with Gasteiger partial charge < -0.3 is 9.47 Å². The molecule has 0 aliphatic rings. The zero-order valence-electron chi connectivity index (χ0n) is 14.9. The first-order valence-corrected chi connectivity index (χ1v) is 8.98. The number of thiazole rings is 1. The van der Waals surface area contributed by atoms with Gasteiger partial charge in [0.25, 0.3) is 5.91 Å². The molecular formula is C20H20N2O3S. The second kappa shape index (κ2) is 8.01. The van der Waals surface area contributed by atoms with E-state index < -0.39 is 0 Å². The average molecular weight is 368 g/mol. The van der Waals surface area contributed by atoms with Crippen molar-refractivity contribution in [2.75, 3.05) is 19.0 Å². The molecule has 3 aromatic rings. The zero-order chi connectivity index (χ0) is 18.5. The molecule has 0 radical (unpaired) electrons. The van der Waals surface area contributed by atoms with Crippen molar-refractivity contribution in [1.29, 1.82) is 0 Å². The molecule has 3 rings (SSSR count). The summed E-state index contributed by atoms with van der Waals surface area (Å²) < 4.78 is 10.7. The third-order valence-corrected chi connectivity index (χ3v) is 4.65. The number of nitrogens with one attached hydrogen (secondary N) is 1. The third kappa shape index (κ3) is 4.40. The smallest absolute Gasteiger partial charge is 0.264 e. The fourth-order valence-electron chi connectivity index (χ4n) is 2.48. The molecule has 0 aliphatic carbocycles. The quantitative estimate of drug-likeness (QED) is 0.698. The highest BCUT2D eigenvalue weighted by Crippen LogP contribution is 2.31. The lowest BCUT2D eigenvalue weighted by molar-refractivity contribution is -0.118. The minimum atomic E-state index is -0.235. The topological polar surface area (TPSA) is 60.5 Å². The maximum absolute atomic E-state index is 12.1. The molecule has 2 aromatic carbocycles. The van der Waals surface area contributed by atoms with Crippen molar-refractivity contribution < 1.29 is 14.3 Å². The highest BCUT2D eigenvalue weighted by atomic mass is 32.1. The third-order valence-electron chi connectivity index (χ3n) is 3.77. The van der Waals surface area contributed by atoms with Gasteiger partial charge in [0.05, 0.1) is 12.8 Å². The Morgan fingerprint density at radius 1 is 1.12 bits per heavy atom. The van der Waals surface area contributed by atoms with Gasteiger partial charge in [0.15, 0.2) is 11.7 Å². The van der Waals surface area contributed by atoms with E-state index in [2.05, 4.69) is 10.3 Å². The number of aromatic nitrogens is 1. The van der Waals surface area contributed by atoms with Crippen molar-refractivity contribution in [2.24, 2.45) is 0 Å². The first kappa shape index (κ1) is 17.9. The van der Waals surface area contributed by atoms with Crippen molar-refractivity contribution in [3.05, 3.63) is 59.0 Å². The predicted octanol–water partition coefficient (Wildman–Crippen LogP) is 4.45. The van der Waals surface area contributed by atoms with Gasteiger partial charge in [-0.15, -0.1) is 11.3 Å². The Kier molecular flexibility index (Phi) is 5.53. The molecule has 1 aromatic heterocycles. The maximum Gasteiger partial charge on any atom is 0.264 e. The first-order valence-electron chi connectivity index (χ1n) is 8.16. The summed E-state index contributed by atoms with van der Waals surface area (Å²) in [6.07, 6.45) is 0. The fraction of sp³-hybridized carbons (Fsp3) is 0.200. The van der Waals surface area contributed by atoms with Crippen LogP contribution in [0.25, 0.3) is 11.3 Å². The Morgan fingerprint density at radius 3 is 2.58 bits per heavy atom. The molecule has 1 N–H and O–H groups in total. The first-order chi connectivity index (χ1) is 12.5. The van der Waals surface area contributed by atoms with Crippen LogP contribution in [0.5, 0.6) is 11.5 Å². The van der Waals surface area contributed by atoms with Crippen molar-refractivity contribution >= 4 is 22.4 Å². The van der Waals surface area contributed by atoms with E-state index in [1.54, 1.807) is 7.11 Å². The van der Waals surface area contributed by atoms with Gasteiger partial charge in [-0.3, -0.25) is 10.1 Å². The molecule has 0 saturated heterocycles. The normalized spacial score (nSPS) is 10.4. The summed E-state index contributed by atoms with van der Waals surface area (Å²) >= 11 is 1.44. The van der Waals surface area contributed by atoms with Crippen molar-refractivity contribution in [3.8, 4) is 22.8 Å². The second-order valence-corrected chi connectivity index (χ2v) is 7.01. The minimum absolute atomic E-state index is 0.0556. The van der Waals surface area contributed by atoms with E-state index >= 15 is 0 Å². The van der Waals surface area contributed by atoms with Crippen LogP contribution in [-0.2, 0) is 4.79 Å². The predicted molar refractivity (Wildman–Crippen MR) is 104 cm³/mol. The number of ether oxygens (including phenoxy) is 2. The van der Waals surface area contributed by atoms with Crippen molar-refractivity contribution in [3.63, 3.8) is 0 Å². The van der Waals surface area contributed by atoms with Gasteiger partial charge in [0, 0.05) is 10.4 Å². The molecule has 26 heavy (non-hydrogen) atoms. The number of rotatable bonds is 6. The summed E-state index contributed by atoms with van der Waals surface area (Å²) in [6.45, 7) is 3.90. The van der Waals surface area contributed by atoms with E-state index in [-0.39, 0.29) is 12.5 Å². The van der Waals surface area contributed by atoms with Crippen molar-refractivity contribution in [2.45, 2.75) is 13.8 Å². The Balaban J connectivity index is 1.63. The summed E-state index contributed by atoms with van der Waals surface area (Å²) in [5.74, 6) is 1.24. The van der Waals surface area contributed by atoms with Gasteiger partial charge in [-0.25, -0.2) is 4.98 Å². The number of aryl methyl sites for hydroxylation is 2. The van der Waals surface area contributed by atoms with Gasteiger partial charge in [0.1, 0.15) is 11.5 Å². The number of benzene rings is 2. The monoisotopic (exact) mass is 368 g/mol. The molecule has 0 unspecified atom stereocenters. The highest BCUT2D eigenvalue weighted by Gasteiger charge is 2.12. The number of anilines is 1. The van der Waals surface area contributed by atoms with Gasteiger partial charge >= 0.3 is 0 Å². The van der Waals surface area contributed by atoms with Crippen LogP contribution in [0, 0.1) is 13.8 Å². The van der Waals surface area contributed by atoms with Crippen LogP contribution in [0.3, 0.4) is 0 Å². The van der Waals surface area contributed by atoms with Crippen LogP contribution in [0.1, 0.15) is 10.4 Å². The number of carbonyl (C=O) groups excluding carboxylic acids is 1. The maximum atomic E-state index is 12.1. The second-order valence-electron chi connectivity index (χ2n) is 5.81. The molecule has 1 heterocycles. The SMILES string of the molecule is COc1ccc(-c2nc(NC(=O)COc3cccc(C)c3)sc2C)cc1. The lowest BCUT2D eigenvalue weighted by Crippen LogP contribution is -2.20. The molecule has 0 fully saturated rings. The number of methoxy groups -OCH3 is 1. The van der Waals surface area contributed by atoms with Crippen LogP contribution in [0.2, 0.25) is 0 Å². The van der Waals surface area contributed by atoms with E-state index in [0.717, 1.165) is 27.4 Å². The molecule has 0 spiro atoms. The summed E-state index contributed by atoms with van der Waals surface area (Å²) in [5.41, 5.74) is 2.92. The van der Waals surface area contributed by atoms with Crippen LogP contribution in [0.15, 0.2) is 48.5 Å². The molecule has 1 amide bonds. The number of carbonyl (C=O) groups is 1. The molecule has 5 nitrogen and oxygen atoms in total. The highest BCUT2D eigenvalue weighted by molar-refractivity contribution is 7.16. The van der Waals surface area contributed by atoms with Gasteiger partial charge in [-0.05, 0) is 55.8 Å². The zero-order valence-corrected chi connectivity index (χ0v) is 15.7. The van der Waals surface area contributed by atoms with Crippen LogP contribution in [0.4, 0.5) is 5.13 Å². The van der Waals surface area contributed by atoms with Gasteiger partial charge in [-0.2, -0.15) is 0 Å². The molecule has 0 saturated carbocycles. The number of nitrogens with zero attached hydrogens (tertiary/aromatic N) is 1. The lowest BCUT2D eigenvalue weighted by Gasteiger charge is -2.06. The Bertz CT molecular complexity index is 904. The summed E-state index contributed by atoms with van der Waals surface area (Å²) in [6, 6.07) is 15.3. The van der Waals surface area contributed by atoms with Crippen LogP contribution in [-0.4, -0.2) is 24.6 Å². The molecule has 6 heteroatoms. The van der Waals surface area contributed by atoms with Gasteiger partial charge in [-0.1, -0.05) is 12.1 Å². The standard InChI is InChI=1S/C20H20N2O3S/c1-13-5-4-6-17(11-13)25-12-18(23)21-20-22-19(14(2)26-20)15-7-9-16(24-3)10-8-15/h4-11H,12H2,1-3H3,(H,21,22,23). The number of hydrogen-bond donors (Lipinski definition) is 1. The summed E-state index contributed by atoms with van der Waals surface area (Å²) in [5, 5.41) is 3.36. The van der Waals surface area contributed by atoms with Crippen molar-refractivity contribution in [1.82, 2.24) is 4.98 Å². The molecular weight excluding hydrogens is 348 g/mol. The van der Waals surface area contributed by atoms with Crippen LogP contribution >= 0.6 is 11.3 Å². The van der Waals surface area contributed by atoms with Gasteiger partial charge in [0.2, 0.25) is 0 Å². The summed E-state index contributed by atoms with van der Waals surface area (Å²) in [4.78, 5) is 17.7. The van der Waals surface area contributed by atoms with E-state index in [1.807, 2.05) is 62.4 Å². The molecule has 134 valence electrons. The Labute approximate surface area is 156 Å². The van der Waals surface area contributed by atoms with E-state index in [0.29, 0.717) is 10.9 Å².